The second-order valence-electron chi connectivity index (χ2n) is 11.6. The smallest absolute Gasteiger partial charge is 0.237 e. The number of nitrogens with one attached hydrogen (secondary N) is 2. The van der Waals surface area contributed by atoms with Gasteiger partial charge in [-0.05, 0) is 69.7 Å². The van der Waals surface area contributed by atoms with Crippen LogP contribution in [0, 0.1) is 5.92 Å². The van der Waals surface area contributed by atoms with Crippen molar-refractivity contribution in [1.29, 1.82) is 0 Å². The number of hydrogen-bond donors (Lipinski definition) is 4. The first-order valence-corrected chi connectivity index (χ1v) is 13.4. The van der Waals surface area contributed by atoms with Gasteiger partial charge in [-0.15, -0.1) is 0 Å². The van der Waals surface area contributed by atoms with E-state index in [0.717, 1.165) is 36.1 Å². The Balaban J connectivity index is 1.44. The number of aliphatic hydroxyl groups is 2. The Morgan fingerprint density at radius 2 is 1.78 bits per heavy atom. The van der Waals surface area contributed by atoms with Crippen LogP contribution in [-0.2, 0) is 22.4 Å². The predicted octanol–water partition coefficient (Wildman–Crippen LogP) is 2.75. The molecular weight excluding hydrogens is 466 g/mol. The molecule has 5 atom stereocenters. The Labute approximate surface area is 220 Å². The summed E-state index contributed by atoms with van der Waals surface area (Å²) in [5.41, 5.74) is 2.71. The van der Waals surface area contributed by atoms with E-state index in [1.54, 1.807) is 0 Å². The molecule has 2 aromatic carbocycles. The molecule has 200 valence electrons. The average Bonchev–Trinajstić information content (AvgIpc) is 3.42. The van der Waals surface area contributed by atoms with Crippen LogP contribution in [-0.4, -0.2) is 63.8 Å². The molecule has 37 heavy (non-hydrogen) atoms. The highest BCUT2D eigenvalue weighted by Gasteiger charge is 2.36. The summed E-state index contributed by atoms with van der Waals surface area (Å²) in [6.07, 6.45) is 1.51. The van der Waals surface area contributed by atoms with Crippen LogP contribution < -0.4 is 10.6 Å². The number of likely N-dealkylation sites (tertiary alicyclic amines) is 1. The maximum Gasteiger partial charge on any atom is 0.237 e. The van der Waals surface area contributed by atoms with Gasteiger partial charge in [-0.1, -0.05) is 54.6 Å². The number of fused-ring (bicyclic) bond motifs is 1. The maximum atomic E-state index is 13.5. The van der Waals surface area contributed by atoms with Crippen molar-refractivity contribution in [1.82, 2.24) is 15.5 Å². The number of carbonyl (C=O) groups is 2. The molecule has 4 rings (SSSR count). The average molecular weight is 508 g/mol. The molecule has 1 fully saturated rings. The maximum absolute atomic E-state index is 13.5. The first kappa shape index (κ1) is 27.3. The van der Waals surface area contributed by atoms with Crippen molar-refractivity contribution >= 4 is 11.8 Å². The highest BCUT2D eigenvalue weighted by atomic mass is 16.3. The zero-order chi connectivity index (χ0) is 26.6. The number of amides is 2. The molecule has 0 bridgehead atoms. The van der Waals surface area contributed by atoms with Gasteiger partial charge in [-0.2, -0.15) is 0 Å². The minimum atomic E-state index is -0.761. The molecule has 1 aliphatic heterocycles. The van der Waals surface area contributed by atoms with Crippen molar-refractivity contribution in [3.05, 3.63) is 71.3 Å². The predicted molar refractivity (Wildman–Crippen MR) is 144 cm³/mol. The van der Waals surface area contributed by atoms with Gasteiger partial charge in [-0.25, -0.2) is 0 Å². The number of β-amino-alcohol motifs (C(OH)–C–C–N with tert-alkyl or cyclic N) is 1. The third kappa shape index (κ3) is 7.18. The largest absolute Gasteiger partial charge is 0.392 e. The molecule has 4 N–H and O–H groups in total. The molecule has 1 heterocycles. The van der Waals surface area contributed by atoms with E-state index in [2.05, 4.69) is 10.6 Å². The summed E-state index contributed by atoms with van der Waals surface area (Å²) in [4.78, 5) is 28.4. The number of aliphatic hydroxyl groups excluding tert-OH is 2. The van der Waals surface area contributed by atoms with E-state index < -0.39 is 24.2 Å². The van der Waals surface area contributed by atoms with Crippen molar-refractivity contribution in [3.63, 3.8) is 0 Å². The third-order valence-corrected chi connectivity index (χ3v) is 7.36. The number of nitrogens with zero attached hydrogens (tertiary/aromatic N) is 1. The molecule has 7 heteroatoms. The third-order valence-electron chi connectivity index (χ3n) is 7.36. The van der Waals surface area contributed by atoms with Gasteiger partial charge in [0, 0.05) is 24.4 Å². The highest BCUT2D eigenvalue weighted by molar-refractivity contribution is 5.82. The topological polar surface area (TPSA) is 102 Å². The summed E-state index contributed by atoms with van der Waals surface area (Å²) >= 11 is 0. The van der Waals surface area contributed by atoms with Gasteiger partial charge in [0.25, 0.3) is 0 Å². The number of benzene rings is 2. The van der Waals surface area contributed by atoms with Gasteiger partial charge in [0.1, 0.15) is 0 Å². The Morgan fingerprint density at radius 3 is 2.51 bits per heavy atom. The summed E-state index contributed by atoms with van der Waals surface area (Å²) in [6, 6.07) is 16.9. The summed E-state index contributed by atoms with van der Waals surface area (Å²) in [5, 5.41) is 27.9. The fourth-order valence-corrected chi connectivity index (χ4v) is 5.67. The SMILES string of the molecule is CC(C)(C)NC(=O)[C@@H]1CCCN1C[C@@H](O)C[C@@H](Cc1ccccc1)C(=O)N[C@H]1c2ccccc2C[C@H]1O. The van der Waals surface area contributed by atoms with Gasteiger partial charge in [0.05, 0.1) is 24.3 Å². The van der Waals surface area contributed by atoms with E-state index in [-0.39, 0.29) is 29.8 Å². The van der Waals surface area contributed by atoms with Crippen molar-refractivity contribution in [2.75, 3.05) is 13.1 Å². The molecule has 2 aliphatic rings. The van der Waals surface area contributed by atoms with Crippen LogP contribution >= 0.6 is 0 Å². The Bertz CT molecular complexity index is 1070. The van der Waals surface area contributed by atoms with Crippen LogP contribution in [0.3, 0.4) is 0 Å². The lowest BCUT2D eigenvalue weighted by molar-refractivity contribution is -0.129. The van der Waals surface area contributed by atoms with Gasteiger partial charge in [0.15, 0.2) is 0 Å². The second-order valence-corrected chi connectivity index (χ2v) is 11.6. The number of carbonyl (C=O) groups excluding carboxylic acids is 2. The zero-order valence-corrected chi connectivity index (χ0v) is 22.2. The number of rotatable bonds is 9. The highest BCUT2D eigenvalue weighted by Crippen LogP contribution is 2.32. The molecule has 7 nitrogen and oxygen atoms in total. The van der Waals surface area contributed by atoms with Crippen LogP contribution in [0.1, 0.15) is 62.8 Å². The van der Waals surface area contributed by atoms with Crippen LogP contribution in [0.15, 0.2) is 54.6 Å². The summed E-state index contributed by atoms with van der Waals surface area (Å²) in [7, 11) is 0. The molecule has 0 unspecified atom stereocenters. The van der Waals surface area contributed by atoms with E-state index in [9.17, 15) is 19.8 Å². The van der Waals surface area contributed by atoms with Gasteiger partial charge in [-0.3, -0.25) is 14.5 Å². The molecule has 2 amide bonds. The van der Waals surface area contributed by atoms with Crippen molar-refractivity contribution in [2.24, 2.45) is 5.92 Å². The summed E-state index contributed by atoms with van der Waals surface area (Å²) in [5.74, 6) is -0.654. The molecule has 2 aromatic rings. The fourth-order valence-electron chi connectivity index (χ4n) is 5.67. The van der Waals surface area contributed by atoms with E-state index in [1.807, 2.05) is 80.3 Å². The monoisotopic (exact) mass is 507 g/mol. The van der Waals surface area contributed by atoms with Crippen molar-refractivity contribution < 1.29 is 19.8 Å². The Morgan fingerprint density at radius 1 is 1.08 bits per heavy atom. The molecule has 0 aromatic heterocycles. The molecule has 1 saturated heterocycles. The lowest BCUT2D eigenvalue weighted by atomic mass is 9.91. The Hall–Kier alpha value is -2.74. The Kier molecular flexibility index (Phi) is 8.67. The van der Waals surface area contributed by atoms with E-state index in [1.165, 1.54) is 0 Å². The standard InChI is InChI=1S/C30H41N3O4/c1-30(2,3)32-29(37)25-14-9-15-33(25)19-23(34)17-22(16-20-10-5-4-6-11-20)28(36)31-27-24-13-8-7-12-21(24)18-26(27)35/h4-8,10-13,22-23,25-27,34-35H,9,14-19H2,1-3H3,(H,31,36)(H,32,37)/t22-,23+,25+,26-,27+/m1/s1. The van der Waals surface area contributed by atoms with Crippen molar-refractivity contribution in [3.8, 4) is 0 Å². The van der Waals surface area contributed by atoms with Gasteiger partial charge < -0.3 is 20.8 Å². The minimum absolute atomic E-state index is 0.00957. The molecule has 0 spiro atoms. The number of hydrogen-bond acceptors (Lipinski definition) is 5. The molecular formula is C30H41N3O4. The lowest BCUT2D eigenvalue weighted by Gasteiger charge is -2.30. The minimum Gasteiger partial charge on any atom is -0.392 e. The summed E-state index contributed by atoms with van der Waals surface area (Å²) < 4.78 is 0. The van der Waals surface area contributed by atoms with Crippen LogP contribution in [0.4, 0.5) is 0 Å². The van der Waals surface area contributed by atoms with Gasteiger partial charge in [0.2, 0.25) is 11.8 Å². The fraction of sp³-hybridized carbons (Fsp3) is 0.533. The van der Waals surface area contributed by atoms with Crippen LogP contribution in [0.5, 0.6) is 0 Å². The van der Waals surface area contributed by atoms with E-state index in [0.29, 0.717) is 19.4 Å². The normalized spacial score (nSPS) is 23.3. The van der Waals surface area contributed by atoms with E-state index >= 15 is 0 Å². The first-order valence-electron chi connectivity index (χ1n) is 13.4. The zero-order valence-electron chi connectivity index (χ0n) is 22.2. The summed E-state index contributed by atoms with van der Waals surface area (Å²) in [6.45, 7) is 6.98. The molecule has 1 aliphatic carbocycles. The van der Waals surface area contributed by atoms with Crippen molar-refractivity contribution in [2.45, 2.75) is 82.7 Å². The second kappa shape index (κ2) is 11.8. The molecule has 0 radical (unpaired) electrons. The first-order chi connectivity index (χ1) is 17.6. The van der Waals surface area contributed by atoms with Crippen LogP contribution in [0.25, 0.3) is 0 Å². The molecule has 0 saturated carbocycles. The lowest BCUT2D eigenvalue weighted by Crippen LogP contribution is -2.51. The van der Waals surface area contributed by atoms with Gasteiger partial charge >= 0.3 is 0 Å². The van der Waals surface area contributed by atoms with E-state index in [4.69, 9.17) is 0 Å². The van der Waals surface area contributed by atoms with Crippen LogP contribution in [0.2, 0.25) is 0 Å². The quantitative estimate of drug-likeness (QED) is 0.418.